The third-order valence-corrected chi connectivity index (χ3v) is 2.60. The van der Waals surface area contributed by atoms with Crippen LogP contribution >= 0.6 is 0 Å². The molecule has 0 spiro atoms. The number of nitrogens with one attached hydrogen (secondary N) is 1. The Kier molecular flexibility index (Phi) is 5.29. The maximum atomic E-state index is 11.6. The van der Waals surface area contributed by atoms with Gasteiger partial charge >= 0.3 is 0 Å². The largest absolute Gasteiger partial charge is 0.310 e. The summed E-state index contributed by atoms with van der Waals surface area (Å²) < 4.78 is 0. The zero-order chi connectivity index (χ0) is 12.8. The van der Waals surface area contributed by atoms with Gasteiger partial charge in [0.25, 0.3) is 0 Å². The molecule has 94 valence electrons. The van der Waals surface area contributed by atoms with Crippen LogP contribution in [0.5, 0.6) is 0 Å². The lowest BCUT2D eigenvalue weighted by Crippen LogP contribution is -2.21. The monoisotopic (exact) mass is 234 g/mol. The lowest BCUT2D eigenvalue weighted by atomic mass is 10.0. The Hall–Kier alpha value is -1.22. The fraction of sp³-hybridized carbons (Fsp3) is 0.571. The lowest BCUT2D eigenvalue weighted by Gasteiger charge is -2.08. The van der Waals surface area contributed by atoms with Gasteiger partial charge in [-0.2, -0.15) is 0 Å². The summed E-state index contributed by atoms with van der Waals surface area (Å²) in [6.45, 7) is 8.89. The summed E-state index contributed by atoms with van der Waals surface area (Å²) in [6, 6.07) is 4.44. The van der Waals surface area contributed by atoms with Crippen molar-refractivity contribution in [3.05, 3.63) is 29.6 Å². The molecule has 0 unspecified atom stereocenters. The normalized spacial score (nSPS) is 11.2. The average molecular weight is 234 g/mol. The van der Waals surface area contributed by atoms with Crippen LogP contribution in [0.3, 0.4) is 0 Å². The molecule has 3 heteroatoms. The number of rotatable bonds is 6. The lowest BCUT2D eigenvalue weighted by molar-refractivity contribution is -0.121. The van der Waals surface area contributed by atoms with E-state index in [0.717, 1.165) is 17.8 Å². The van der Waals surface area contributed by atoms with Crippen molar-refractivity contribution in [3.63, 3.8) is 0 Å². The van der Waals surface area contributed by atoms with Crippen LogP contribution < -0.4 is 5.32 Å². The molecule has 1 N–H and O–H groups in total. The highest BCUT2D eigenvalue weighted by molar-refractivity contribution is 5.82. The summed E-state index contributed by atoms with van der Waals surface area (Å²) in [5, 5.41) is 3.33. The minimum Gasteiger partial charge on any atom is -0.310 e. The number of ketones is 1. The van der Waals surface area contributed by atoms with Crippen molar-refractivity contribution in [1.82, 2.24) is 10.3 Å². The second kappa shape index (κ2) is 6.50. The smallest absolute Gasteiger partial charge is 0.141 e. The van der Waals surface area contributed by atoms with E-state index < -0.39 is 0 Å². The number of carbonyl (C=O) groups is 1. The molecule has 0 atom stereocenters. The standard InChI is InChI=1S/C14H22N2O/c1-10(2)14(17)7-13-6-5-12(9-16-13)8-15-11(3)4/h5-6,9-11,15H,7-8H2,1-4H3. The van der Waals surface area contributed by atoms with E-state index in [1.807, 2.05) is 32.2 Å². The molecule has 3 nitrogen and oxygen atoms in total. The number of Topliss-reactive ketones (excluding diaryl/α,β-unsaturated/α-hetero) is 1. The van der Waals surface area contributed by atoms with Crippen LogP contribution in [0, 0.1) is 5.92 Å². The van der Waals surface area contributed by atoms with E-state index in [-0.39, 0.29) is 11.7 Å². The van der Waals surface area contributed by atoms with Crippen molar-refractivity contribution in [2.75, 3.05) is 0 Å². The fourth-order valence-electron chi connectivity index (χ4n) is 1.37. The van der Waals surface area contributed by atoms with E-state index in [0.29, 0.717) is 12.5 Å². The topological polar surface area (TPSA) is 42.0 Å². The van der Waals surface area contributed by atoms with Gasteiger partial charge in [-0.3, -0.25) is 9.78 Å². The quantitative estimate of drug-likeness (QED) is 0.821. The van der Waals surface area contributed by atoms with Gasteiger partial charge in [-0.1, -0.05) is 33.8 Å². The molecule has 0 aromatic carbocycles. The van der Waals surface area contributed by atoms with Crippen LogP contribution in [-0.4, -0.2) is 16.8 Å². The van der Waals surface area contributed by atoms with Gasteiger partial charge in [0.1, 0.15) is 5.78 Å². The van der Waals surface area contributed by atoms with Crippen molar-refractivity contribution in [2.24, 2.45) is 5.92 Å². The summed E-state index contributed by atoms with van der Waals surface area (Å²) in [5.41, 5.74) is 2.01. The molecular formula is C14H22N2O. The first-order valence-electron chi connectivity index (χ1n) is 6.19. The van der Waals surface area contributed by atoms with Crippen LogP contribution in [0.1, 0.15) is 39.0 Å². The van der Waals surface area contributed by atoms with E-state index in [1.165, 1.54) is 0 Å². The fourth-order valence-corrected chi connectivity index (χ4v) is 1.37. The van der Waals surface area contributed by atoms with Crippen LogP contribution in [0.15, 0.2) is 18.3 Å². The predicted octanol–water partition coefficient (Wildman–Crippen LogP) is 2.35. The Morgan fingerprint density at radius 1 is 1.29 bits per heavy atom. The van der Waals surface area contributed by atoms with Crippen molar-refractivity contribution in [2.45, 2.75) is 46.7 Å². The van der Waals surface area contributed by atoms with Gasteiger partial charge in [0.2, 0.25) is 0 Å². The summed E-state index contributed by atoms with van der Waals surface area (Å²) >= 11 is 0. The Morgan fingerprint density at radius 2 is 2.00 bits per heavy atom. The third kappa shape index (κ3) is 5.09. The second-order valence-electron chi connectivity index (χ2n) is 4.99. The first-order chi connectivity index (χ1) is 7.99. The Labute approximate surface area is 104 Å². The maximum Gasteiger partial charge on any atom is 0.141 e. The Bertz CT molecular complexity index is 355. The van der Waals surface area contributed by atoms with Gasteiger partial charge in [-0.15, -0.1) is 0 Å². The first-order valence-corrected chi connectivity index (χ1v) is 6.19. The number of pyridine rings is 1. The van der Waals surface area contributed by atoms with Crippen molar-refractivity contribution >= 4 is 5.78 Å². The Morgan fingerprint density at radius 3 is 2.47 bits per heavy atom. The molecule has 0 amide bonds. The van der Waals surface area contributed by atoms with Crippen LogP contribution in [0.25, 0.3) is 0 Å². The van der Waals surface area contributed by atoms with Crippen molar-refractivity contribution < 1.29 is 4.79 Å². The van der Waals surface area contributed by atoms with E-state index in [9.17, 15) is 4.79 Å². The van der Waals surface area contributed by atoms with Gasteiger partial charge in [0.15, 0.2) is 0 Å². The molecule has 1 rings (SSSR count). The summed E-state index contributed by atoms with van der Waals surface area (Å²) in [7, 11) is 0. The molecule has 17 heavy (non-hydrogen) atoms. The number of hydrogen-bond donors (Lipinski definition) is 1. The zero-order valence-electron chi connectivity index (χ0n) is 11.2. The van der Waals surface area contributed by atoms with Gasteiger partial charge in [-0.05, 0) is 11.6 Å². The minimum atomic E-state index is 0.0825. The molecule has 0 aliphatic heterocycles. The third-order valence-electron chi connectivity index (χ3n) is 2.60. The number of aromatic nitrogens is 1. The first kappa shape index (κ1) is 13.8. The molecular weight excluding hydrogens is 212 g/mol. The van der Waals surface area contributed by atoms with Gasteiger partial charge in [-0.25, -0.2) is 0 Å². The van der Waals surface area contributed by atoms with Gasteiger partial charge < -0.3 is 5.32 Å². The molecule has 0 saturated carbocycles. The zero-order valence-corrected chi connectivity index (χ0v) is 11.2. The van der Waals surface area contributed by atoms with Gasteiger partial charge in [0, 0.05) is 36.8 Å². The number of carbonyl (C=O) groups excluding carboxylic acids is 1. The van der Waals surface area contributed by atoms with E-state index in [4.69, 9.17) is 0 Å². The molecule has 0 radical (unpaired) electrons. The predicted molar refractivity (Wildman–Crippen MR) is 69.8 cm³/mol. The van der Waals surface area contributed by atoms with Gasteiger partial charge in [0.05, 0.1) is 0 Å². The SMILES string of the molecule is CC(C)NCc1ccc(CC(=O)C(C)C)nc1. The molecule has 1 aromatic heterocycles. The highest BCUT2D eigenvalue weighted by Crippen LogP contribution is 2.05. The Balaban J connectivity index is 2.53. The van der Waals surface area contributed by atoms with Crippen LogP contribution in [-0.2, 0) is 17.8 Å². The summed E-state index contributed by atoms with van der Waals surface area (Å²) in [5.74, 6) is 0.324. The van der Waals surface area contributed by atoms with E-state index >= 15 is 0 Å². The summed E-state index contributed by atoms with van der Waals surface area (Å²) in [4.78, 5) is 15.9. The molecule has 0 bridgehead atoms. The molecule has 0 aliphatic rings. The molecule has 1 aromatic rings. The van der Waals surface area contributed by atoms with E-state index in [1.54, 1.807) is 0 Å². The molecule has 1 heterocycles. The molecule has 0 saturated heterocycles. The van der Waals surface area contributed by atoms with Crippen LogP contribution in [0.4, 0.5) is 0 Å². The molecule has 0 fully saturated rings. The van der Waals surface area contributed by atoms with Crippen molar-refractivity contribution in [1.29, 1.82) is 0 Å². The number of nitrogens with zero attached hydrogens (tertiary/aromatic N) is 1. The minimum absolute atomic E-state index is 0.0825. The van der Waals surface area contributed by atoms with Crippen LogP contribution in [0.2, 0.25) is 0 Å². The average Bonchev–Trinajstić information content (AvgIpc) is 2.28. The number of hydrogen-bond acceptors (Lipinski definition) is 3. The van der Waals surface area contributed by atoms with E-state index in [2.05, 4.69) is 24.1 Å². The molecule has 0 aliphatic carbocycles. The second-order valence-corrected chi connectivity index (χ2v) is 4.99. The highest BCUT2D eigenvalue weighted by Gasteiger charge is 2.08. The van der Waals surface area contributed by atoms with Crippen molar-refractivity contribution in [3.8, 4) is 0 Å². The maximum absolute atomic E-state index is 11.6. The highest BCUT2D eigenvalue weighted by atomic mass is 16.1. The summed E-state index contributed by atoms with van der Waals surface area (Å²) in [6.07, 6.45) is 2.29.